The highest BCUT2D eigenvalue weighted by Crippen LogP contribution is 2.14. The lowest BCUT2D eigenvalue weighted by molar-refractivity contribution is -0.135. The average Bonchev–Trinajstić information content (AvgIpc) is 2.77. The number of benzene rings is 1. The van der Waals surface area contributed by atoms with Crippen LogP contribution in [0.25, 0.3) is 0 Å². The number of carbonyl (C=O) groups is 1. The second-order valence-corrected chi connectivity index (χ2v) is 8.89. The van der Waals surface area contributed by atoms with Gasteiger partial charge < -0.3 is 24.9 Å². The SMILES string of the molecule is CCNC(=NCCCCN1CCN(C)CC1)N1CCN(Cc2ccc(Cl)cc2)C(=O)C1.I. The number of halogens is 2. The number of nitrogens with one attached hydrogen (secondary N) is 1. The first-order chi connectivity index (χ1) is 15.0. The number of hydrogen-bond acceptors (Lipinski definition) is 4. The van der Waals surface area contributed by atoms with E-state index in [1.54, 1.807) is 0 Å². The molecular formula is C23H38ClIN6O. The van der Waals surface area contributed by atoms with E-state index in [4.69, 9.17) is 16.6 Å². The maximum absolute atomic E-state index is 12.7. The van der Waals surface area contributed by atoms with E-state index >= 15 is 0 Å². The van der Waals surface area contributed by atoms with E-state index in [1.165, 1.54) is 32.6 Å². The normalized spacial score (nSPS) is 18.6. The quantitative estimate of drug-likeness (QED) is 0.223. The molecule has 32 heavy (non-hydrogen) atoms. The number of aliphatic imine (C=N–C) groups is 1. The van der Waals surface area contributed by atoms with Gasteiger partial charge in [0.15, 0.2) is 5.96 Å². The van der Waals surface area contributed by atoms with Crippen LogP contribution < -0.4 is 5.32 Å². The molecule has 0 aliphatic carbocycles. The predicted octanol–water partition coefficient (Wildman–Crippen LogP) is 2.60. The van der Waals surface area contributed by atoms with Gasteiger partial charge in [-0.25, -0.2) is 0 Å². The summed E-state index contributed by atoms with van der Waals surface area (Å²) in [4.78, 5) is 26.5. The number of amides is 1. The first-order valence-corrected chi connectivity index (χ1v) is 11.9. The van der Waals surface area contributed by atoms with E-state index in [1.807, 2.05) is 29.2 Å². The van der Waals surface area contributed by atoms with Crippen LogP contribution in [0.3, 0.4) is 0 Å². The van der Waals surface area contributed by atoms with E-state index in [2.05, 4.69) is 34.0 Å². The van der Waals surface area contributed by atoms with E-state index in [0.717, 1.165) is 49.1 Å². The molecule has 2 saturated heterocycles. The Morgan fingerprint density at radius 2 is 1.78 bits per heavy atom. The van der Waals surface area contributed by atoms with Crippen molar-refractivity contribution in [3.63, 3.8) is 0 Å². The van der Waals surface area contributed by atoms with Gasteiger partial charge in [0.2, 0.25) is 5.91 Å². The Morgan fingerprint density at radius 1 is 1.06 bits per heavy atom. The van der Waals surface area contributed by atoms with Gasteiger partial charge in [0.25, 0.3) is 0 Å². The second-order valence-electron chi connectivity index (χ2n) is 8.45. The highest BCUT2D eigenvalue weighted by Gasteiger charge is 2.26. The lowest BCUT2D eigenvalue weighted by Crippen LogP contribution is -2.55. The van der Waals surface area contributed by atoms with Gasteiger partial charge >= 0.3 is 0 Å². The standard InChI is InChI=1S/C23H37ClN6O.HI/c1-3-25-23(26-10-4-5-11-28-14-12-27(2)13-15-28)30-17-16-29(22(31)19-30)18-20-6-8-21(24)9-7-20;/h6-9H,3-5,10-19H2,1-2H3,(H,25,26);1H. The van der Waals surface area contributed by atoms with Crippen LogP contribution in [0.1, 0.15) is 25.3 Å². The minimum atomic E-state index is 0. The van der Waals surface area contributed by atoms with E-state index < -0.39 is 0 Å². The number of guanidine groups is 1. The second kappa shape index (κ2) is 14.2. The van der Waals surface area contributed by atoms with Crippen molar-refractivity contribution < 1.29 is 4.79 Å². The van der Waals surface area contributed by atoms with Crippen LogP contribution in [-0.2, 0) is 11.3 Å². The van der Waals surface area contributed by atoms with Crippen LogP contribution >= 0.6 is 35.6 Å². The third kappa shape index (κ3) is 8.68. The van der Waals surface area contributed by atoms with Crippen molar-refractivity contribution in [2.45, 2.75) is 26.3 Å². The first kappa shape index (κ1) is 27.1. The number of piperazine rings is 2. The monoisotopic (exact) mass is 576 g/mol. The highest BCUT2D eigenvalue weighted by atomic mass is 127. The largest absolute Gasteiger partial charge is 0.357 e. The summed E-state index contributed by atoms with van der Waals surface area (Å²) in [6.45, 7) is 12.0. The van der Waals surface area contributed by atoms with Crippen molar-refractivity contribution >= 4 is 47.4 Å². The van der Waals surface area contributed by atoms with Gasteiger partial charge in [0, 0.05) is 63.9 Å². The van der Waals surface area contributed by atoms with Crippen molar-refractivity contribution in [1.29, 1.82) is 0 Å². The van der Waals surface area contributed by atoms with Crippen molar-refractivity contribution in [1.82, 2.24) is 24.9 Å². The van der Waals surface area contributed by atoms with Gasteiger partial charge in [0.1, 0.15) is 0 Å². The number of unbranched alkanes of at least 4 members (excludes halogenated alkanes) is 1. The molecule has 2 fully saturated rings. The molecule has 1 amide bonds. The first-order valence-electron chi connectivity index (χ1n) is 11.5. The van der Waals surface area contributed by atoms with Crippen LogP contribution in [0.5, 0.6) is 0 Å². The fourth-order valence-electron chi connectivity index (χ4n) is 4.00. The molecule has 9 heteroatoms. The smallest absolute Gasteiger partial charge is 0.242 e. The van der Waals surface area contributed by atoms with Gasteiger partial charge in [-0.1, -0.05) is 23.7 Å². The van der Waals surface area contributed by atoms with Crippen molar-refractivity contribution in [3.05, 3.63) is 34.9 Å². The Labute approximate surface area is 215 Å². The molecule has 2 aliphatic heterocycles. The molecule has 0 bridgehead atoms. The van der Waals surface area contributed by atoms with Gasteiger partial charge in [-0.05, 0) is 51.1 Å². The van der Waals surface area contributed by atoms with Crippen LogP contribution in [0.2, 0.25) is 5.02 Å². The molecule has 3 rings (SSSR count). The zero-order chi connectivity index (χ0) is 22.1. The van der Waals surface area contributed by atoms with Crippen LogP contribution in [0, 0.1) is 0 Å². The predicted molar refractivity (Wildman–Crippen MR) is 143 cm³/mol. The topological polar surface area (TPSA) is 54.4 Å². The molecule has 1 N–H and O–H groups in total. The van der Waals surface area contributed by atoms with Gasteiger partial charge in [0.05, 0.1) is 6.54 Å². The Kier molecular flexibility index (Phi) is 12.1. The minimum Gasteiger partial charge on any atom is -0.357 e. The third-order valence-corrected chi connectivity index (χ3v) is 6.23. The number of likely N-dealkylation sites (N-methyl/N-ethyl adjacent to an activating group) is 1. The van der Waals surface area contributed by atoms with E-state index in [9.17, 15) is 4.79 Å². The van der Waals surface area contributed by atoms with Crippen molar-refractivity contribution in [2.24, 2.45) is 4.99 Å². The fourth-order valence-corrected chi connectivity index (χ4v) is 4.12. The third-order valence-electron chi connectivity index (χ3n) is 5.98. The van der Waals surface area contributed by atoms with Crippen LogP contribution in [-0.4, -0.2) is 104 Å². The summed E-state index contributed by atoms with van der Waals surface area (Å²) in [5.41, 5.74) is 1.10. The van der Waals surface area contributed by atoms with Crippen molar-refractivity contribution in [2.75, 3.05) is 72.5 Å². The Hall–Kier alpha value is -1.10. The molecule has 0 saturated carbocycles. The Balaban J connectivity index is 0.00000363. The summed E-state index contributed by atoms with van der Waals surface area (Å²) in [5.74, 6) is 1.00. The Bertz CT molecular complexity index is 724. The number of nitrogens with zero attached hydrogens (tertiary/aromatic N) is 5. The van der Waals surface area contributed by atoms with Crippen LogP contribution in [0.15, 0.2) is 29.3 Å². The molecule has 1 aromatic carbocycles. The average molecular weight is 577 g/mol. The maximum Gasteiger partial charge on any atom is 0.242 e. The molecule has 0 aromatic heterocycles. The molecule has 180 valence electrons. The lowest BCUT2D eigenvalue weighted by atomic mass is 10.2. The molecule has 2 aliphatic rings. The highest BCUT2D eigenvalue weighted by molar-refractivity contribution is 14.0. The molecule has 0 unspecified atom stereocenters. The van der Waals surface area contributed by atoms with E-state index in [-0.39, 0.29) is 29.9 Å². The Morgan fingerprint density at radius 3 is 2.44 bits per heavy atom. The zero-order valence-electron chi connectivity index (χ0n) is 19.4. The number of hydrogen-bond donors (Lipinski definition) is 1. The molecule has 0 radical (unpaired) electrons. The summed E-state index contributed by atoms with van der Waals surface area (Å²) in [6, 6.07) is 7.71. The minimum absolute atomic E-state index is 0. The maximum atomic E-state index is 12.7. The van der Waals surface area contributed by atoms with Crippen molar-refractivity contribution in [3.8, 4) is 0 Å². The fraction of sp³-hybridized carbons (Fsp3) is 0.652. The van der Waals surface area contributed by atoms with Gasteiger partial charge in [-0.2, -0.15) is 0 Å². The molecule has 7 nitrogen and oxygen atoms in total. The van der Waals surface area contributed by atoms with E-state index in [0.29, 0.717) is 19.6 Å². The molecule has 2 heterocycles. The molecule has 0 spiro atoms. The van der Waals surface area contributed by atoms with Gasteiger partial charge in [-0.3, -0.25) is 9.79 Å². The van der Waals surface area contributed by atoms with Gasteiger partial charge in [-0.15, -0.1) is 24.0 Å². The number of carbonyl (C=O) groups excluding carboxylic acids is 1. The summed E-state index contributed by atoms with van der Waals surface area (Å²) in [7, 11) is 2.19. The summed E-state index contributed by atoms with van der Waals surface area (Å²) in [6.07, 6.45) is 2.24. The zero-order valence-corrected chi connectivity index (χ0v) is 22.5. The molecular weight excluding hydrogens is 539 g/mol. The lowest BCUT2D eigenvalue weighted by Gasteiger charge is -2.36. The summed E-state index contributed by atoms with van der Waals surface area (Å²) >= 11 is 5.96. The summed E-state index contributed by atoms with van der Waals surface area (Å²) < 4.78 is 0. The molecule has 0 atom stereocenters. The molecule has 1 aromatic rings. The summed E-state index contributed by atoms with van der Waals surface area (Å²) in [5, 5.41) is 4.08. The van der Waals surface area contributed by atoms with Crippen LogP contribution in [0.4, 0.5) is 0 Å². The number of rotatable bonds is 8.